The summed E-state index contributed by atoms with van der Waals surface area (Å²) in [5.41, 5.74) is 5.03. The molecule has 2 heterocycles. The number of rotatable bonds is 2. The molecule has 0 aliphatic carbocycles. The van der Waals surface area contributed by atoms with Crippen molar-refractivity contribution in [1.82, 2.24) is 4.98 Å². The largest absolute Gasteiger partial charge is 0.315 e. The molecule has 114 valence electrons. The van der Waals surface area contributed by atoms with Crippen molar-refractivity contribution >= 4 is 34.5 Å². The molecule has 0 saturated heterocycles. The molecule has 1 aliphatic heterocycles. The Morgan fingerprint density at radius 3 is 2.87 bits per heavy atom. The number of hydrogen-bond donors (Lipinski definition) is 0. The zero-order chi connectivity index (χ0) is 16.0. The monoisotopic (exact) mass is 340 g/mol. The zero-order valence-electron chi connectivity index (χ0n) is 12.4. The molecule has 0 spiro atoms. The van der Waals surface area contributed by atoms with Gasteiger partial charge in [0.15, 0.2) is 0 Å². The molecule has 5 heteroatoms. The average Bonchev–Trinajstić information content (AvgIpc) is 3.13. The third kappa shape index (κ3) is 2.54. The van der Waals surface area contributed by atoms with Crippen LogP contribution >= 0.6 is 22.9 Å². The minimum atomic E-state index is 0.134. The van der Waals surface area contributed by atoms with E-state index in [2.05, 4.69) is 6.07 Å². The molecule has 0 saturated carbocycles. The van der Waals surface area contributed by atoms with Crippen molar-refractivity contribution in [3.8, 4) is 21.8 Å². The van der Waals surface area contributed by atoms with Gasteiger partial charge in [0.05, 0.1) is 12.1 Å². The number of hydrogen-bond acceptors (Lipinski definition) is 3. The van der Waals surface area contributed by atoms with E-state index in [1.165, 1.54) is 0 Å². The zero-order valence-corrected chi connectivity index (χ0v) is 14.0. The molecule has 0 fully saturated rings. The molecule has 0 unspecified atom stereocenters. The van der Waals surface area contributed by atoms with Gasteiger partial charge in [-0.2, -0.15) is 0 Å². The number of halogens is 1. The minimum absolute atomic E-state index is 0.134. The van der Waals surface area contributed by atoms with Gasteiger partial charge in [-0.1, -0.05) is 29.8 Å². The lowest BCUT2D eigenvalue weighted by Gasteiger charge is -2.09. The van der Waals surface area contributed by atoms with Crippen LogP contribution in [0.4, 0.5) is 5.69 Å². The Bertz CT molecular complexity index is 919. The summed E-state index contributed by atoms with van der Waals surface area (Å²) in [6.07, 6.45) is 0.463. The van der Waals surface area contributed by atoms with Crippen molar-refractivity contribution < 1.29 is 4.79 Å². The number of aromatic nitrogens is 1. The van der Waals surface area contributed by atoms with Crippen LogP contribution < -0.4 is 4.90 Å². The van der Waals surface area contributed by atoms with Crippen molar-refractivity contribution in [1.29, 1.82) is 0 Å². The van der Waals surface area contributed by atoms with E-state index in [0.717, 1.165) is 33.1 Å². The minimum Gasteiger partial charge on any atom is -0.315 e. The number of carbonyl (C=O) groups is 1. The molecule has 3 nitrogen and oxygen atoms in total. The number of nitrogens with zero attached hydrogens (tertiary/aromatic N) is 2. The highest BCUT2D eigenvalue weighted by atomic mass is 35.5. The van der Waals surface area contributed by atoms with Crippen LogP contribution in [0.25, 0.3) is 21.8 Å². The van der Waals surface area contributed by atoms with E-state index in [-0.39, 0.29) is 5.91 Å². The van der Waals surface area contributed by atoms with Gasteiger partial charge in [-0.05, 0) is 29.8 Å². The lowest BCUT2D eigenvalue weighted by Crippen LogP contribution is -2.20. The van der Waals surface area contributed by atoms with E-state index in [1.54, 1.807) is 16.2 Å². The van der Waals surface area contributed by atoms with Crippen LogP contribution in [0.5, 0.6) is 0 Å². The average molecular weight is 341 g/mol. The van der Waals surface area contributed by atoms with E-state index in [0.29, 0.717) is 11.4 Å². The quantitative estimate of drug-likeness (QED) is 0.680. The molecule has 4 rings (SSSR count). The van der Waals surface area contributed by atoms with Gasteiger partial charge in [-0.3, -0.25) is 4.79 Å². The van der Waals surface area contributed by atoms with Crippen LogP contribution in [0.3, 0.4) is 0 Å². The van der Waals surface area contributed by atoms with Crippen molar-refractivity contribution in [3.63, 3.8) is 0 Å². The first-order valence-electron chi connectivity index (χ1n) is 7.23. The number of benzene rings is 2. The molecule has 1 aromatic heterocycles. The Hall–Kier alpha value is -2.17. The molecular weight excluding hydrogens is 328 g/mol. The van der Waals surface area contributed by atoms with Gasteiger partial charge >= 0.3 is 0 Å². The van der Waals surface area contributed by atoms with Crippen LogP contribution in [0.2, 0.25) is 5.02 Å². The molecule has 0 atom stereocenters. The maximum atomic E-state index is 11.8. The van der Waals surface area contributed by atoms with E-state index >= 15 is 0 Å². The summed E-state index contributed by atoms with van der Waals surface area (Å²) in [6.45, 7) is 0. The van der Waals surface area contributed by atoms with E-state index < -0.39 is 0 Å². The lowest BCUT2D eigenvalue weighted by atomic mass is 10.1. The van der Waals surface area contributed by atoms with E-state index in [9.17, 15) is 4.79 Å². The summed E-state index contributed by atoms with van der Waals surface area (Å²) in [5, 5.41) is 3.69. The number of likely N-dealkylation sites (N-methyl/N-ethyl adjacent to an activating group) is 1. The fraction of sp³-hybridized carbons (Fsp3) is 0.111. The first-order chi connectivity index (χ1) is 11.1. The number of carbonyl (C=O) groups excluding carboxylic acids is 1. The summed E-state index contributed by atoms with van der Waals surface area (Å²) in [5.74, 6) is 0.134. The highest BCUT2D eigenvalue weighted by Gasteiger charge is 2.24. The topological polar surface area (TPSA) is 33.2 Å². The molecule has 0 bridgehead atoms. The van der Waals surface area contributed by atoms with E-state index in [4.69, 9.17) is 16.6 Å². The second-order valence-corrected chi connectivity index (χ2v) is 6.82. The second kappa shape index (κ2) is 5.48. The van der Waals surface area contributed by atoms with Gasteiger partial charge in [0, 0.05) is 34.3 Å². The highest BCUT2D eigenvalue weighted by molar-refractivity contribution is 7.13. The van der Waals surface area contributed by atoms with Gasteiger partial charge in [0.1, 0.15) is 5.01 Å². The Morgan fingerprint density at radius 2 is 2.04 bits per heavy atom. The predicted molar refractivity (Wildman–Crippen MR) is 95.1 cm³/mol. The van der Waals surface area contributed by atoms with Gasteiger partial charge in [-0.15, -0.1) is 11.3 Å². The summed E-state index contributed by atoms with van der Waals surface area (Å²) in [7, 11) is 1.81. The Balaban J connectivity index is 1.70. The third-order valence-corrected chi connectivity index (χ3v) is 5.15. The van der Waals surface area contributed by atoms with Crippen molar-refractivity contribution in [2.45, 2.75) is 6.42 Å². The lowest BCUT2D eigenvalue weighted by molar-refractivity contribution is -0.117. The Kier molecular flexibility index (Phi) is 3.43. The normalized spacial score (nSPS) is 13.5. The third-order valence-electron chi connectivity index (χ3n) is 4.03. The van der Waals surface area contributed by atoms with Crippen molar-refractivity contribution in [2.24, 2.45) is 0 Å². The number of fused-ring (bicyclic) bond motifs is 1. The SMILES string of the molecule is CN1C(=O)Cc2cc(-c3csc(-c4cccc(Cl)c4)n3)ccc21. The fourth-order valence-corrected chi connectivity index (χ4v) is 3.81. The van der Waals surface area contributed by atoms with Crippen LogP contribution in [-0.4, -0.2) is 17.9 Å². The molecule has 3 aromatic rings. The summed E-state index contributed by atoms with van der Waals surface area (Å²) in [4.78, 5) is 18.2. The van der Waals surface area contributed by atoms with Gasteiger partial charge < -0.3 is 4.90 Å². The molecular formula is C18H13ClN2OS. The highest BCUT2D eigenvalue weighted by Crippen LogP contribution is 2.34. The molecule has 23 heavy (non-hydrogen) atoms. The first-order valence-corrected chi connectivity index (χ1v) is 8.49. The van der Waals surface area contributed by atoms with E-state index in [1.807, 2.05) is 48.8 Å². The molecule has 1 aliphatic rings. The Morgan fingerprint density at radius 1 is 1.17 bits per heavy atom. The molecule has 1 amide bonds. The fourth-order valence-electron chi connectivity index (χ4n) is 2.79. The summed E-state index contributed by atoms with van der Waals surface area (Å²) < 4.78 is 0. The number of thiazole rings is 1. The maximum absolute atomic E-state index is 11.8. The maximum Gasteiger partial charge on any atom is 0.231 e. The van der Waals surface area contributed by atoms with Crippen LogP contribution in [-0.2, 0) is 11.2 Å². The Labute approximate surface area is 143 Å². The van der Waals surface area contributed by atoms with Gasteiger partial charge in [0.2, 0.25) is 5.91 Å². The predicted octanol–water partition coefficient (Wildman–Crippen LogP) is 4.65. The number of amides is 1. The molecule has 0 N–H and O–H groups in total. The summed E-state index contributed by atoms with van der Waals surface area (Å²) in [6, 6.07) is 13.8. The summed E-state index contributed by atoms with van der Waals surface area (Å²) >= 11 is 7.64. The van der Waals surface area contributed by atoms with Gasteiger partial charge in [0.25, 0.3) is 0 Å². The molecule has 0 radical (unpaired) electrons. The van der Waals surface area contributed by atoms with Gasteiger partial charge in [-0.25, -0.2) is 4.98 Å². The van der Waals surface area contributed by atoms with Crippen LogP contribution in [0, 0.1) is 0 Å². The van der Waals surface area contributed by atoms with Crippen LogP contribution in [0.1, 0.15) is 5.56 Å². The standard InChI is InChI=1S/C18H13ClN2OS/c1-21-16-6-5-11(7-13(16)9-17(21)22)15-10-23-18(20-15)12-3-2-4-14(19)8-12/h2-8,10H,9H2,1H3. The smallest absolute Gasteiger partial charge is 0.231 e. The van der Waals surface area contributed by atoms with Crippen molar-refractivity contribution in [2.75, 3.05) is 11.9 Å². The van der Waals surface area contributed by atoms with Crippen LogP contribution in [0.15, 0.2) is 47.8 Å². The molecule has 2 aromatic carbocycles. The second-order valence-electron chi connectivity index (χ2n) is 5.52. The number of anilines is 1. The first kappa shape index (κ1) is 14.4. The van der Waals surface area contributed by atoms with Crippen molar-refractivity contribution in [3.05, 3.63) is 58.4 Å².